The van der Waals surface area contributed by atoms with Crippen LogP contribution in [0.25, 0.3) is 0 Å². The fourth-order valence-corrected chi connectivity index (χ4v) is 3.83. The van der Waals surface area contributed by atoms with Crippen LogP contribution in [0.1, 0.15) is 33.1 Å². The van der Waals surface area contributed by atoms with E-state index in [1.54, 1.807) is 0 Å². The first kappa shape index (κ1) is 11.7. The van der Waals surface area contributed by atoms with Gasteiger partial charge in [-0.25, -0.2) is 0 Å². The third-order valence-electron chi connectivity index (χ3n) is 4.96. The van der Waals surface area contributed by atoms with Gasteiger partial charge in [0.25, 0.3) is 0 Å². The number of aliphatic carboxylic acids is 1. The van der Waals surface area contributed by atoms with Gasteiger partial charge in [-0.3, -0.25) is 19.3 Å². The molecule has 0 aromatic heterocycles. The van der Waals surface area contributed by atoms with Gasteiger partial charge < -0.3 is 5.11 Å². The van der Waals surface area contributed by atoms with Crippen molar-refractivity contribution in [1.29, 1.82) is 0 Å². The van der Waals surface area contributed by atoms with Crippen molar-refractivity contribution < 1.29 is 19.5 Å². The Hall–Kier alpha value is -1.39. The Morgan fingerprint density at radius 1 is 1.22 bits per heavy atom. The van der Waals surface area contributed by atoms with Crippen LogP contribution in [0.15, 0.2) is 0 Å². The van der Waals surface area contributed by atoms with Gasteiger partial charge in [0.15, 0.2) is 0 Å². The predicted octanol–water partition coefficient (Wildman–Crippen LogP) is 0.881. The van der Waals surface area contributed by atoms with Gasteiger partial charge in [-0.15, -0.1) is 0 Å². The lowest BCUT2D eigenvalue weighted by Gasteiger charge is -2.29. The fourth-order valence-electron chi connectivity index (χ4n) is 3.83. The van der Waals surface area contributed by atoms with Crippen LogP contribution in [0.3, 0.4) is 0 Å². The standard InChI is InChI=1S/C13H17NO4/c1-13(2)8-9(13)11(16)14(10(8)15)7-5-3-4-6(7)12(17)18/h6-9H,3-5H2,1-2H3,(H,17,18). The molecule has 2 aliphatic carbocycles. The summed E-state index contributed by atoms with van der Waals surface area (Å²) in [4.78, 5) is 36.9. The molecule has 2 amide bonds. The number of hydrogen-bond acceptors (Lipinski definition) is 3. The number of carbonyl (C=O) groups is 3. The van der Waals surface area contributed by atoms with Crippen molar-refractivity contribution in [3.05, 3.63) is 0 Å². The predicted molar refractivity (Wildman–Crippen MR) is 61.4 cm³/mol. The normalized spacial score (nSPS) is 41.1. The van der Waals surface area contributed by atoms with E-state index in [1.807, 2.05) is 13.8 Å². The quantitative estimate of drug-likeness (QED) is 0.739. The first-order valence-corrected chi connectivity index (χ1v) is 6.47. The molecule has 4 atom stereocenters. The van der Waals surface area contributed by atoms with Crippen LogP contribution in [-0.4, -0.2) is 33.8 Å². The van der Waals surface area contributed by atoms with Crippen molar-refractivity contribution in [1.82, 2.24) is 4.90 Å². The summed E-state index contributed by atoms with van der Waals surface area (Å²) >= 11 is 0. The molecule has 4 unspecified atom stereocenters. The van der Waals surface area contributed by atoms with E-state index in [0.29, 0.717) is 12.8 Å². The molecular weight excluding hydrogens is 234 g/mol. The Bertz CT molecular complexity index is 432. The molecule has 0 radical (unpaired) electrons. The number of piperidine rings is 1. The van der Waals surface area contributed by atoms with Crippen molar-refractivity contribution in [3.8, 4) is 0 Å². The molecule has 3 fully saturated rings. The van der Waals surface area contributed by atoms with E-state index < -0.39 is 17.9 Å². The van der Waals surface area contributed by atoms with Crippen molar-refractivity contribution in [2.75, 3.05) is 0 Å². The number of rotatable bonds is 2. The van der Waals surface area contributed by atoms with Gasteiger partial charge in [-0.1, -0.05) is 20.3 Å². The van der Waals surface area contributed by atoms with E-state index in [2.05, 4.69) is 0 Å². The van der Waals surface area contributed by atoms with Crippen molar-refractivity contribution >= 4 is 17.8 Å². The maximum absolute atomic E-state index is 12.2. The Balaban J connectivity index is 1.85. The summed E-state index contributed by atoms with van der Waals surface area (Å²) < 4.78 is 0. The third-order valence-corrected chi connectivity index (χ3v) is 4.96. The van der Waals surface area contributed by atoms with Gasteiger partial charge in [0.05, 0.1) is 23.8 Å². The molecule has 98 valence electrons. The van der Waals surface area contributed by atoms with E-state index in [4.69, 9.17) is 5.11 Å². The summed E-state index contributed by atoms with van der Waals surface area (Å²) in [5.41, 5.74) is -0.220. The number of amides is 2. The minimum atomic E-state index is -0.891. The van der Waals surface area contributed by atoms with Crippen LogP contribution in [0.2, 0.25) is 0 Å². The molecule has 1 saturated heterocycles. The summed E-state index contributed by atoms with van der Waals surface area (Å²) in [7, 11) is 0. The zero-order valence-electron chi connectivity index (χ0n) is 10.5. The Labute approximate surface area is 105 Å². The summed E-state index contributed by atoms with van der Waals surface area (Å²) in [6, 6.07) is -0.411. The first-order valence-electron chi connectivity index (χ1n) is 6.47. The monoisotopic (exact) mass is 251 g/mol. The average molecular weight is 251 g/mol. The molecule has 1 N–H and O–H groups in total. The van der Waals surface area contributed by atoms with E-state index in [-0.39, 0.29) is 29.1 Å². The zero-order valence-corrected chi connectivity index (χ0v) is 10.5. The molecule has 3 aliphatic rings. The molecular formula is C13H17NO4. The lowest BCUT2D eigenvalue weighted by Crippen LogP contribution is -2.47. The van der Waals surface area contributed by atoms with E-state index >= 15 is 0 Å². The highest BCUT2D eigenvalue weighted by Gasteiger charge is 2.73. The van der Waals surface area contributed by atoms with Crippen LogP contribution in [-0.2, 0) is 14.4 Å². The minimum absolute atomic E-state index is 0.145. The van der Waals surface area contributed by atoms with Crippen LogP contribution in [0, 0.1) is 23.2 Å². The topological polar surface area (TPSA) is 74.7 Å². The highest BCUT2D eigenvalue weighted by atomic mass is 16.4. The summed E-state index contributed by atoms with van der Waals surface area (Å²) in [5, 5.41) is 9.15. The van der Waals surface area contributed by atoms with Crippen molar-refractivity contribution in [2.45, 2.75) is 39.2 Å². The smallest absolute Gasteiger partial charge is 0.308 e. The highest BCUT2D eigenvalue weighted by molar-refractivity contribution is 6.10. The number of carbonyl (C=O) groups excluding carboxylic acids is 2. The van der Waals surface area contributed by atoms with Crippen LogP contribution >= 0.6 is 0 Å². The van der Waals surface area contributed by atoms with Gasteiger partial charge in [-0.2, -0.15) is 0 Å². The molecule has 18 heavy (non-hydrogen) atoms. The molecule has 0 spiro atoms. The van der Waals surface area contributed by atoms with Gasteiger partial charge >= 0.3 is 5.97 Å². The molecule has 0 aromatic rings. The number of fused-ring (bicyclic) bond motifs is 1. The van der Waals surface area contributed by atoms with Gasteiger partial charge in [0.1, 0.15) is 0 Å². The minimum Gasteiger partial charge on any atom is -0.481 e. The molecule has 2 saturated carbocycles. The molecule has 0 bridgehead atoms. The molecule has 5 heteroatoms. The summed E-state index contributed by atoms with van der Waals surface area (Å²) in [5.74, 6) is -2.17. The zero-order chi connectivity index (χ0) is 13.2. The second kappa shape index (κ2) is 3.33. The highest BCUT2D eigenvalue weighted by Crippen LogP contribution is 2.64. The number of hydrogen-bond donors (Lipinski definition) is 1. The lowest BCUT2D eigenvalue weighted by molar-refractivity contribution is -0.150. The molecule has 0 aromatic carbocycles. The van der Waals surface area contributed by atoms with Gasteiger partial charge in [-0.05, 0) is 18.3 Å². The van der Waals surface area contributed by atoms with E-state index in [0.717, 1.165) is 6.42 Å². The van der Waals surface area contributed by atoms with Crippen LogP contribution in [0.5, 0.6) is 0 Å². The third kappa shape index (κ3) is 1.25. The number of imide groups is 1. The maximum atomic E-state index is 12.2. The van der Waals surface area contributed by atoms with Crippen LogP contribution < -0.4 is 0 Å². The average Bonchev–Trinajstić information content (AvgIpc) is 2.64. The first-order chi connectivity index (χ1) is 8.37. The second-order valence-electron chi connectivity index (χ2n) is 6.27. The molecule has 5 nitrogen and oxygen atoms in total. The van der Waals surface area contributed by atoms with Crippen LogP contribution in [0.4, 0.5) is 0 Å². The lowest BCUT2D eigenvalue weighted by atomic mass is 9.99. The van der Waals surface area contributed by atoms with Crippen molar-refractivity contribution in [2.24, 2.45) is 23.2 Å². The Kier molecular flexibility index (Phi) is 2.17. The SMILES string of the molecule is CC1(C)C2C(=O)N(C3CCCC3C(=O)O)C(=O)C21. The second-order valence-corrected chi connectivity index (χ2v) is 6.27. The van der Waals surface area contributed by atoms with Gasteiger partial charge in [0.2, 0.25) is 11.8 Å². The molecule has 1 heterocycles. The number of nitrogens with zero attached hydrogens (tertiary/aromatic N) is 1. The number of carboxylic acid groups (broad SMARTS) is 1. The summed E-state index contributed by atoms with van der Waals surface area (Å²) in [6.07, 6.45) is 1.97. The molecule has 3 rings (SSSR count). The fraction of sp³-hybridized carbons (Fsp3) is 0.769. The Morgan fingerprint density at radius 2 is 1.78 bits per heavy atom. The Morgan fingerprint density at radius 3 is 2.28 bits per heavy atom. The van der Waals surface area contributed by atoms with E-state index in [9.17, 15) is 14.4 Å². The largest absolute Gasteiger partial charge is 0.481 e. The van der Waals surface area contributed by atoms with Gasteiger partial charge in [0, 0.05) is 0 Å². The number of likely N-dealkylation sites (tertiary alicyclic amines) is 1. The maximum Gasteiger partial charge on any atom is 0.308 e. The number of carboxylic acids is 1. The van der Waals surface area contributed by atoms with E-state index in [1.165, 1.54) is 4.90 Å². The molecule has 1 aliphatic heterocycles. The van der Waals surface area contributed by atoms with Crippen molar-refractivity contribution in [3.63, 3.8) is 0 Å². The summed E-state index contributed by atoms with van der Waals surface area (Å²) in [6.45, 7) is 3.86.